The maximum Gasteiger partial charge on any atom is 0.191 e. The van der Waals surface area contributed by atoms with E-state index in [9.17, 15) is 12.8 Å². The van der Waals surface area contributed by atoms with Gasteiger partial charge in [-0.25, -0.2) is 12.8 Å². The zero-order chi connectivity index (χ0) is 17.6. The second kappa shape index (κ2) is 7.92. The zero-order valence-corrected chi connectivity index (χ0v) is 14.4. The molecule has 0 unspecified atom stereocenters. The molecule has 2 aromatic rings. The topological polar surface area (TPSA) is 70.6 Å². The summed E-state index contributed by atoms with van der Waals surface area (Å²) in [6.07, 6.45) is 1.18. The van der Waals surface area contributed by atoms with Crippen molar-refractivity contribution < 1.29 is 12.8 Å². The molecule has 0 fully saturated rings. The van der Waals surface area contributed by atoms with Crippen molar-refractivity contribution in [3.8, 4) is 0 Å². The molecule has 5 nitrogen and oxygen atoms in total. The Morgan fingerprint density at radius 3 is 1.83 bits per heavy atom. The number of aliphatic imine (C=N–C) groups is 1. The SMILES string of the molecule is CN=C(NCc1ccc(F)cc1)NCc1ccc(S(C)(=O)=O)cc1. The summed E-state index contributed by atoms with van der Waals surface area (Å²) in [5.74, 6) is 0.338. The molecular formula is C17H20FN3O2S. The van der Waals surface area contributed by atoms with Crippen LogP contribution in [-0.4, -0.2) is 27.7 Å². The molecule has 0 saturated heterocycles. The van der Waals surface area contributed by atoms with Gasteiger partial charge in [0.05, 0.1) is 4.90 Å². The van der Waals surface area contributed by atoms with Gasteiger partial charge in [-0.3, -0.25) is 4.99 Å². The molecule has 7 heteroatoms. The van der Waals surface area contributed by atoms with Crippen LogP contribution in [0.4, 0.5) is 4.39 Å². The van der Waals surface area contributed by atoms with E-state index in [-0.39, 0.29) is 5.82 Å². The molecule has 0 aliphatic heterocycles. The number of nitrogens with zero attached hydrogens (tertiary/aromatic N) is 1. The first kappa shape index (κ1) is 17.9. The Morgan fingerprint density at radius 2 is 1.42 bits per heavy atom. The standard InChI is InChI=1S/C17H20FN3O2S/c1-19-17(20-11-13-3-7-15(18)8-4-13)21-12-14-5-9-16(10-6-14)24(2,22)23/h3-10H,11-12H2,1-2H3,(H2,19,20,21). The first-order valence-electron chi connectivity index (χ1n) is 7.36. The van der Waals surface area contributed by atoms with Gasteiger partial charge in [-0.1, -0.05) is 24.3 Å². The Labute approximate surface area is 141 Å². The number of guanidine groups is 1. The lowest BCUT2D eigenvalue weighted by molar-refractivity contribution is 0.602. The number of halogens is 1. The van der Waals surface area contributed by atoms with E-state index in [4.69, 9.17) is 0 Å². The third-order valence-corrected chi connectivity index (χ3v) is 4.54. The fourth-order valence-electron chi connectivity index (χ4n) is 2.05. The summed E-state index contributed by atoms with van der Waals surface area (Å²) >= 11 is 0. The van der Waals surface area contributed by atoms with Crippen LogP contribution in [0, 0.1) is 5.82 Å². The van der Waals surface area contributed by atoms with Crippen LogP contribution in [0.5, 0.6) is 0 Å². The second-order valence-electron chi connectivity index (χ2n) is 5.32. The molecular weight excluding hydrogens is 329 g/mol. The van der Waals surface area contributed by atoms with Crippen LogP contribution in [0.3, 0.4) is 0 Å². The highest BCUT2D eigenvalue weighted by atomic mass is 32.2. The van der Waals surface area contributed by atoms with Gasteiger partial charge in [0.25, 0.3) is 0 Å². The molecule has 0 atom stereocenters. The highest BCUT2D eigenvalue weighted by molar-refractivity contribution is 7.90. The highest BCUT2D eigenvalue weighted by Crippen LogP contribution is 2.10. The van der Waals surface area contributed by atoms with Crippen molar-refractivity contribution in [2.24, 2.45) is 4.99 Å². The van der Waals surface area contributed by atoms with E-state index in [1.54, 1.807) is 43.4 Å². The van der Waals surface area contributed by atoms with Crippen molar-refractivity contribution in [1.29, 1.82) is 0 Å². The fourth-order valence-corrected chi connectivity index (χ4v) is 2.68. The summed E-state index contributed by atoms with van der Waals surface area (Å²) < 4.78 is 35.7. The van der Waals surface area contributed by atoms with Crippen molar-refractivity contribution in [2.75, 3.05) is 13.3 Å². The molecule has 2 N–H and O–H groups in total. The Kier molecular flexibility index (Phi) is 5.92. The van der Waals surface area contributed by atoms with Gasteiger partial charge in [-0.2, -0.15) is 0 Å². The second-order valence-corrected chi connectivity index (χ2v) is 7.34. The minimum Gasteiger partial charge on any atom is -0.352 e. The van der Waals surface area contributed by atoms with Crippen LogP contribution in [0.1, 0.15) is 11.1 Å². The largest absolute Gasteiger partial charge is 0.352 e. The van der Waals surface area contributed by atoms with Gasteiger partial charge in [0.15, 0.2) is 15.8 Å². The molecule has 128 valence electrons. The van der Waals surface area contributed by atoms with Gasteiger partial charge < -0.3 is 10.6 Å². The van der Waals surface area contributed by atoms with E-state index in [0.29, 0.717) is 23.9 Å². The number of rotatable bonds is 5. The molecule has 0 saturated carbocycles. The van der Waals surface area contributed by atoms with Crippen molar-refractivity contribution in [3.63, 3.8) is 0 Å². The van der Waals surface area contributed by atoms with Gasteiger partial charge in [0.1, 0.15) is 5.82 Å². The van der Waals surface area contributed by atoms with E-state index in [1.165, 1.54) is 18.4 Å². The van der Waals surface area contributed by atoms with Crippen LogP contribution in [0.25, 0.3) is 0 Å². The molecule has 0 bridgehead atoms. The van der Waals surface area contributed by atoms with E-state index < -0.39 is 9.84 Å². The van der Waals surface area contributed by atoms with Gasteiger partial charge >= 0.3 is 0 Å². The minimum atomic E-state index is -3.18. The summed E-state index contributed by atoms with van der Waals surface area (Å²) in [7, 11) is -1.52. The molecule has 0 radical (unpaired) electrons. The van der Waals surface area contributed by atoms with Crippen LogP contribution in [0.2, 0.25) is 0 Å². The molecule has 2 aromatic carbocycles. The third kappa shape index (κ3) is 5.34. The lowest BCUT2D eigenvalue weighted by Gasteiger charge is -2.12. The number of hydrogen-bond acceptors (Lipinski definition) is 3. The van der Waals surface area contributed by atoms with E-state index in [2.05, 4.69) is 15.6 Å². The predicted molar refractivity (Wildman–Crippen MR) is 93.0 cm³/mol. The first-order valence-corrected chi connectivity index (χ1v) is 9.25. The third-order valence-electron chi connectivity index (χ3n) is 3.41. The Bertz CT molecular complexity index is 801. The maximum absolute atomic E-state index is 12.9. The van der Waals surface area contributed by atoms with E-state index in [0.717, 1.165) is 11.1 Å². The normalized spacial score (nSPS) is 12.0. The predicted octanol–water partition coefficient (Wildman–Crippen LogP) is 2.09. The lowest BCUT2D eigenvalue weighted by Crippen LogP contribution is -2.36. The molecule has 0 aliphatic rings. The Balaban J connectivity index is 1.88. The van der Waals surface area contributed by atoms with Crippen LogP contribution in [-0.2, 0) is 22.9 Å². The molecule has 2 rings (SSSR count). The Hall–Kier alpha value is -2.41. The zero-order valence-electron chi connectivity index (χ0n) is 13.6. The minimum absolute atomic E-state index is 0.265. The summed E-state index contributed by atoms with van der Waals surface area (Å²) in [5.41, 5.74) is 1.88. The van der Waals surface area contributed by atoms with Crippen molar-refractivity contribution in [1.82, 2.24) is 10.6 Å². The summed E-state index contributed by atoms with van der Waals surface area (Å²) in [5, 5.41) is 6.27. The number of benzene rings is 2. The average molecular weight is 349 g/mol. The van der Waals surface area contributed by atoms with Gasteiger partial charge in [0.2, 0.25) is 0 Å². The van der Waals surface area contributed by atoms with Crippen molar-refractivity contribution >= 4 is 15.8 Å². The smallest absolute Gasteiger partial charge is 0.191 e. The quantitative estimate of drug-likeness (QED) is 0.641. The van der Waals surface area contributed by atoms with Crippen LogP contribution < -0.4 is 10.6 Å². The summed E-state index contributed by atoms with van der Waals surface area (Å²) in [6, 6.07) is 12.9. The number of nitrogens with one attached hydrogen (secondary N) is 2. The van der Waals surface area contributed by atoms with Gasteiger partial charge in [-0.05, 0) is 35.4 Å². The average Bonchev–Trinajstić information content (AvgIpc) is 2.56. The molecule has 0 heterocycles. The van der Waals surface area contributed by atoms with Gasteiger partial charge in [0, 0.05) is 26.4 Å². The molecule has 0 aliphatic carbocycles. The molecule has 0 amide bonds. The monoisotopic (exact) mass is 349 g/mol. The van der Waals surface area contributed by atoms with Crippen LogP contribution >= 0.6 is 0 Å². The number of sulfone groups is 1. The maximum atomic E-state index is 12.9. The van der Waals surface area contributed by atoms with Gasteiger partial charge in [-0.15, -0.1) is 0 Å². The van der Waals surface area contributed by atoms with E-state index >= 15 is 0 Å². The van der Waals surface area contributed by atoms with E-state index in [1.807, 2.05) is 0 Å². The van der Waals surface area contributed by atoms with Crippen LogP contribution in [0.15, 0.2) is 58.4 Å². The lowest BCUT2D eigenvalue weighted by atomic mass is 10.2. The molecule has 0 aromatic heterocycles. The van der Waals surface area contributed by atoms with Crippen molar-refractivity contribution in [3.05, 3.63) is 65.5 Å². The summed E-state index contributed by atoms with van der Waals surface area (Å²) in [6.45, 7) is 1.03. The first-order chi connectivity index (χ1) is 11.4. The van der Waals surface area contributed by atoms with Crippen molar-refractivity contribution in [2.45, 2.75) is 18.0 Å². The molecule has 24 heavy (non-hydrogen) atoms. The summed E-state index contributed by atoms with van der Waals surface area (Å²) in [4.78, 5) is 4.41. The molecule has 0 spiro atoms. The Morgan fingerprint density at radius 1 is 0.958 bits per heavy atom. The number of hydrogen-bond donors (Lipinski definition) is 2. The fraction of sp³-hybridized carbons (Fsp3) is 0.235. The highest BCUT2D eigenvalue weighted by Gasteiger charge is 2.06.